The van der Waals surface area contributed by atoms with Gasteiger partial charge in [0.05, 0.1) is 11.3 Å². The number of fused-ring (bicyclic) bond motifs is 1. The van der Waals surface area contributed by atoms with E-state index in [-0.39, 0.29) is 22.8 Å². The largest absolute Gasteiger partial charge is 0.478 e. The fourth-order valence-electron chi connectivity index (χ4n) is 3.32. The van der Waals surface area contributed by atoms with Crippen LogP contribution in [0.5, 0.6) is 0 Å². The number of rotatable bonds is 9. The molecule has 0 unspecified atom stereocenters. The predicted octanol–water partition coefficient (Wildman–Crippen LogP) is 5.48. The van der Waals surface area contributed by atoms with E-state index in [4.69, 9.17) is 0 Å². The summed E-state index contributed by atoms with van der Waals surface area (Å²) >= 11 is 3.97. The van der Waals surface area contributed by atoms with Crippen molar-refractivity contribution in [1.29, 1.82) is 0 Å². The average Bonchev–Trinajstić information content (AvgIpc) is 3.29. The number of benzene rings is 3. The Labute approximate surface area is 213 Å². The molecular formula is C24H20N4O4S3. The van der Waals surface area contributed by atoms with Crippen molar-refractivity contribution in [3.05, 3.63) is 71.8 Å². The summed E-state index contributed by atoms with van der Waals surface area (Å²) in [5, 5.41) is 17.3. The van der Waals surface area contributed by atoms with E-state index in [0.717, 1.165) is 22.2 Å². The van der Waals surface area contributed by atoms with Crippen LogP contribution in [-0.4, -0.2) is 43.8 Å². The van der Waals surface area contributed by atoms with Crippen molar-refractivity contribution in [3.63, 3.8) is 0 Å². The second kappa shape index (κ2) is 11.3. The lowest BCUT2D eigenvalue weighted by Gasteiger charge is -2.11. The van der Waals surface area contributed by atoms with Crippen molar-refractivity contribution in [3.8, 4) is 0 Å². The molecule has 178 valence electrons. The van der Waals surface area contributed by atoms with E-state index < -0.39 is 11.9 Å². The summed E-state index contributed by atoms with van der Waals surface area (Å²) in [6.45, 7) is 2.01. The Bertz CT molecular complexity index is 1400. The fraction of sp³-hybridized carbons (Fsp3) is 0.125. The van der Waals surface area contributed by atoms with Crippen LogP contribution in [0, 0.1) is 0 Å². The van der Waals surface area contributed by atoms with Gasteiger partial charge in [-0.05, 0) is 41.5 Å². The Kier molecular flexibility index (Phi) is 8.01. The topological polar surface area (TPSA) is 121 Å². The van der Waals surface area contributed by atoms with E-state index in [1.807, 2.05) is 13.0 Å². The van der Waals surface area contributed by atoms with Crippen molar-refractivity contribution >= 4 is 74.4 Å². The van der Waals surface area contributed by atoms with Crippen molar-refractivity contribution in [2.24, 2.45) is 0 Å². The van der Waals surface area contributed by atoms with Crippen LogP contribution in [0.3, 0.4) is 0 Å². The molecule has 0 saturated heterocycles. The third-order valence-electron chi connectivity index (χ3n) is 4.77. The van der Waals surface area contributed by atoms with Gasteiger partial charge in [0.15, 0.2) is 0 Å². The first-order chi connectivity index (χ1) is 16.9. The molecule has 1 heterocycles. The highest BCUT2D eigenvalue weighted by molar-refractivity contribution is 8.00. The number of carboxylic acid groups (broad SMARTS) is 1. The lowest BCUT2D eigenvalue weighted by molar-refractivity contribution is -0.113. The number of hydrogen-bond acceptors (Lipinski definition) is 8. The molecule has 0 fully saturated rings. The molecule has 0 atom stereocenters. The zero-order valence-electron chi connectivity index (χ0n) is 18.5. The summed E-state index contributed by atoms with van der Waals surface area (Å²) in [6.07, 6.45) is 0. The van der Waals surface area contributed by atoms with Crippen LogP contribution in [-0.2, 0) is 4.79 Å². The maximum absolute atomic E-state index is 13.0. The van der Waals surface area contributed by atoms with Gasteiger partial charge in [0.1, 0.15) is 0 Å². The van der Waals surface area contributed by atoms with Gasteiger partial charge in [-0.2, -0.15) is 9.36 Å². The summed E-state index contributed by atoms with van der Waals surface area (Å²) in [5.74, 6) is -0.694. The number of nitrogens with zero attached hydrogens (tertiary/aromatic N) is 2. The summed E-state index contributed by atoms with van der Waals surface area (Å²) in [4.78, 5) is 42.1. The lowest BCUT2D eigenvalue weighted by Crippen LogP contribution is -2.14. The maximum Gasteiger partial charge on any atom is 0.336 e. The van der Waals surface area contributed by atoms with Crippen LogP contribution in [0.2, 0.25) is 0 Å². The zero-order chi connectivity index (χ0) is 24.8. The first-order valence-corrected chi connectivity index (χ1v) is 13.2. The summed E-state index contributed by atoms with van der Waals surface area (Å²) in [7, 11) is 0. The molecular weight excluding hydrogens is 504 g/mol. The molecule has 0 radical (unpaired) electrons. The number of aromatic nitrogens is 2. The average molecular weight is 525 g/mol. The Morgan fingerprint density at radius 2 is 1.71 bits per heavy atom. The molecule has 3 aromatic carbocycles. The number of anilines is 2. The van der Waals surface area contributed by atoms with Gasteiger partial charge < -0.3 is 10.4 Å². The number of hydrogen-bond donors (Lipinski definition) is 3. The van der Waals surface area contributed by atoms with Crippen molar-refractivity contribution in [2.45, 2.75) is 17.0 Å². The van der Waals surface area contributed by atoms with Crippen LogP contribution in [0.4, 0.5) is 10.8 Å². The number of amides is 2. The molecule has 0 aliphatic carbocycles. The summed E-state index contributed by atoms with van der Waals surface area (Å²) in [6, 6.07) is 17.1. The standard InChI is InChI=1S/C24H20N4O4S3/c1-2-33-24-27-23(35-28-24)26-19(29)13-34-16-9-5-8-15(12-16)25-21(30)17-10-3-6-14-7-4-11-18(20(14)17)22(31)32/h3-12H,2,13H2,1H3,(H,25,30)(H,31,32)(H,26,27,28,29). The number of carbonyl (C=O) groups is 3. The molecule has 8 nitrogen and oxygen atoms in total. The van der Waals surface area contributed by atoms with Crippen LogP contribution in [0.15, 0.2) is 70.7 Å². The van der Waals surface area contributed by atoms with Gasteiger partial charge in [0.2, 0.25) is 16.2 Å². The van der Waals surface area contributed by atoms with E-state index in [1.54, 1.807) is 48.5 Å². The number of thioether (sulfide) groups is 2. The van der Waals surface area contributed by atoms with Gasteiger partial charge in [0.25, 0.3) is 5.91 Å². The normalized spacial score (nSPS) is 10.8. The van der Waals surface area contributed by atoms with Crippen molar-refractivity contribution in [1.82, 2.24) is 9.36 Å². The smallest absolute Gasteiger partial charge is 0.336 e. The highest BCUT2D eigenvalue weighted by atomic mass is 32.2. The van der Waals surface area contributed by atoms with Gasteiger partial charge in [0, 0.05) is 33.1 Å². The summed E-state index contributed by atoms with van der Waals surface area (Å²) in [5.41, 5.74) is 0.880. The molecule has 4 rings (SSSR count). The first kappa shape index (κ1) is 24.7. The number of carbonyl (C=O) groups excluding carboxylic acids is 2. The third-order valence-corrected chi connectivity index (χ3v) is 7.24. The molecule has 0 aliphatic rings. The van der Waals surface area contributed by atoms with Crippen LogP contribution in [0.25, 0.3) is 10.8 Å². The lowest BCUT2D eigenvalue weighted by atomic mass is 9.98. The molecule has 2 amide bonds. The van der Waals surface area contributed by atoms with Gasteiger partial charge >= 0.3 is 5.97 Å². The van der Waals surface area contributed by atoms with Crippen LogP contribution in [0.1, 0.15) is 27.6 Å². The minimum atomic E-state index is -1.10. The minimum Gasteiger partial charge on any atom is -0.478 e. The Balaban J connectivity index is 1.43. The quantitative estimate of drug-likeness (QED) is 0.246. The van der Waals surface area contributed by atoms with Crippen molar-refractivity contribution in [2.75, 3.05) is 22.1 Å². The van der Waals surface area contributed by atoms with Crippen LogP contribution < -0.4 is 10.6 Å². The minimum absolute atomic E-state index is 0.0689. The first-order valence-electron chi connectivity index (χ1n) is 10.5. The Morgan fingerprint density at radius 3 is 2.46 bits per heavy atom. The SMILES string of the molecule is CCSc1nsc(NC(=O)CSc2cccc(NC(=O)c3cccc4cccc(C(=O)O)c34)c2)n1. The fourth-order valence-corrected chi connectivity index (χ4v) is 5.36. The molecule has 1 aromatic heterocycles. The van der Waals surface area contributed by atoms with Crippen LogP contribution >= 0.6 is 35.1 Å². The number of aromatic carboxylic acids is 1. The Morgan fingerprint density at radius 1 is 0.971 bits per heavy atom. The van der Waals surface area contributed by atoms with E-state index >= 15 is 0 Å². The van der Waals surface area contributed by atoms with Gasteiger partial charge in [-0.3, -0.25) is 14.9 Å². The van der Waals surface area contributed by atoms with Crippen molar-refractivity contribution < 1.29 is 19.5 Å². The van der Waals surface area contributed by atoms with Gasteiger partial charge in [-0.15, -0.1) is 11.8 Å². The maximum atomic E-state index is 13.0. The third kappa shape index (κ3) is 6.18. The summed E-state index contributed by atoms with van der Waals surface area (Å²) < 4.78 is 4.17. The van der Waals surface area contributed by atoms with E-state index in [2.05, 4.69) is 20.0 Å². The second-order valence-electron chi connectivity index (χ2n) is 7.15. The molecule has 3 N–H and O–H groups in total. The van der Waals surface area contributed by atoms with E-state index in [0.29, 0.717) is 26.7 Å². The van der Waals surface area contributed by atoms with E-state index in [9.17, 15) is 19.5 Å². The predicted molar refractivity (Wildman–Crippen MR) is 141 cm³/mol. The molecule has 0 bridgehead atoms. The van der Waals surface area contributed by atoms with Gasteiger partial charge in [-0.1, -0.05) is 49.0 Å². The molecule has 4 aromatic rings. The monoisotopic (exact) mass is 524 g/mol. The Hall–Kier alpha value is -3.41. The molecule has 0 aliphatic heterocycles. The second-order valence-corrected chi connectivity index (χ2v) is 10.2. The molecule has 11 heteroatoms. The number of carboxylic acids is 1. The highest BCUT2D eigenvalue weighted by Gasteiger charge is 2.17. The highest BCUT2D eigenvalue weighted by Crippen LogP contribution is 2.26. The van der Waals surface area contributed by atoms with E-state index in [1.165, 1.54) is 29.6 Å². The molecule has 0 saturated carbocycles. The number of nitrogens with one attached hydrogen (secondary N) is 2. The zero-order valence-corrected chi connectivity index (χ0v) is 20.9. The molecule has 35 heavy (non-hydrogen) atoms. The van der Waals surface area contributed by atoms with Gasteiger partial charge in [-0.25, -0.2) is 4.79 Å². The molecule has 0 spiro atoms.